The zero-order valence-corrected chi connectivity index (χ0v) is 10.3. The number of nitrogens with one attached hydrogen (secondary N) is 2. The molecule has 1 fully saturated rings. The summed E-state index contributed by atoms with van der Waals surface area (Å²) in [5.74, 6) is 0.298. The van der Waals surface area contributed by atoms with Crippen molar-refractivity contribution < 1.29 is 9.18 Å². The highest BCUT2D eigenvalue weighted by Crippen LogP contribution is 2.13. The molecular formula is C13H18FN3O. The Morgan fingerprint density at radius 1 is 1.56 bits per heavy atom. The monoisotopic (exact) mass is 251 g/mol. The van der Waals surface area contributed by atoms with Crippen molar-refractivity contribution in [2.75, 3.05) is 13.1 Å². The molecule has 1 saturated heterocycles. The van der Waals surface area contributed by atoms with Crippen LogP contribution in [0.2, 0.25) is 0 Å². The van der Waals surface area contributed by atoms with Gasteiger partial charge in [0.15, 0.2) is 0 Å². The number of hydrogen-bond donors (Lipinski definition) is 2. The van der Waals surface area contributed by atoms with Gasteiger partial charge in [-0.2, -0.15) is 0 Å². The van der Waals surface area contributed by atoms with Crippen molar-refractivity contribution in [2.45, 2.75) is 25.8 Å². The number of rotatable bonds is 5. The van der Waals surface area contributed by atoms with E-state index in [2.05, 4.69) is 15.6 Å². The summed E-state index contributed by atoms with van der Waals surface area (Å²) in [5.41, 5.74) is 0.673. The van der Waals surface area contributed by atoms with Gasteiger partial charge < -0.3 is 10.6 Å². The van der Waals surface area contributed by atoms with E-state index in [4.69, 9.17) is 0 Å². The Hall–Kier alpha value is -1.49. The van der Waals surface area contributed by atoms with Crippen molar-refractivity contribution in [2.24, 2.45) is 5.92 Å². The minimum Gasteiger partial charge on any atom is -0.350 e. The highest BCUT2D eigenvalue weighted by molar-refractivity contribution is 5.75. The molecule has 0 saturated carbocycles. The highest BCUT2D eigenvalue weighted by Gasteiger charge is 2.15. The molecule has 2 heterocycles. The number of carbonyl (C=O) groups excluding carboxylic acids is 1. The van der Waals surface area contributed by atoms with Crippen molar-refractivity contribution in [3.05, 3.63) is 29.8 Å². The molecule has 5 heteroatoms. The first-order chi connectivity index (χ1) is 8.74. The third-order valence-electron chi connectivity index (χ3n) is 3.20. The zero-order valence-electron chi connectivity index (χ0n) is 10.3. The van der Waals surface area contributed by atoms with E-state index < -0.39 is 0 Å². The lowest BCUT2D eigenvalue weighted by Gasteiger charge is -2.08. The smallest absolute Gasteiger partial charge is 0.220 e. The van der Waals surface area contributed by atoms with Gasteiger partial charge in [0, 0.05) is 6.42 Å². The van der Waals surface area contributed by atoms with Crippen LogP contribution in [0.4, 0.5) is 4.39 Å². The molecule has 0 bridgehead atoms. The lowest BCUT2D eigenvalue weighted by Crippen LogP contribution is -2.24. The maximum atomic E-state index is 12.6. The number of amides is 1. The number of halogens is 1. The lowest BCUT2D eigenvalue weighted by atomic mass is 10.0. The molecule has 1 unspecified atom stereocenters. The summed E-state index contributed by atoms with van der Waals surface area (Å²) in [6.45, 7) is 2.45. The van der Waals surface area contributed by atoms with Crippen molar-refractivity contribution in [1.29, 1.82) is 0 Å². The SMILES string of the molecule is O=C(CCC1CCNC1)NCc1ccc(F)cn1. The molecular weight excluding hydrogens is 233 g/mol. The van der Waals surface area contributed by atoms with Crippen LogP contribution in [-0.4, -0.2) is 24.0 Å². The van der Waals surface area contributed by atoms with E-state index in [1.807, 2.05) is 0 Å². The first-order valence-electron chi connectivity index (χ1n) is 6.32. The van der Waals surface area contributed by atoms with Crippen LogP contribution in [0.15, 0.2) is 18.3 Å². The Kier molecular flexibility index (Phi) is 4.64. The molecule has 0 aromatic carbocycles. The van der Waals surface area contributed by atoms with Crippen molar-refractivity contribution in [3.8, 4) is 0 Å². The van der Waals surface area contributed by atoms with E-state index in [0.29, 0.717) is 24.6 Å². The van der Waals surface area contributed by atoms with E-state index in [1.165, 1.54) is 6.07 Å². The summed E-state index contributed by atoms with van der Waals surface area (Å²) < 4.78 is 12.6. The summed E-state index contributed by atoms with van der Waals surface area (Å²) in [6, 6.07) is 2.93. The quantitative estimate of drug-likeness (QED) is 0.827. The Bertz CT molecular complexity index is 388. The maximum absolute atomic E-state index is 12.6. The number of nitrogens with zero attached hydrogens (tertiary/aromatic N) is 1. The van der Waals surface area contributed by atoms with E-state index in [9.17, 15) is 9.18 Å². The number of hydrogen-bond acceptors (Lipinski definition) is 3. The molecule has 1 aliphatic rings. The van der Waals surface area contributed by atoms with Crippen LogP contribution < -0.4 is 10.6 Å². The standard InChI is InChI=1S/C13H18FN3O/c14-11-2-3-12(16-8-11)9-17-13(18)4-1-10-5-6-15-7-10/h2-3,8,10,15H,1,4-7,9H2,(H,17,18). The van der Waals surface area contributed by atoms with E-state index in [-0.39, 0.29) is 11.7 Å². The minimum atomic E-state index is -0.362. The fraction of sp³-hybridized carbons (Fsp3) is 0.538. The van der Waals surface area contributed by atoms with Gasteiger partial charge in [0.05, 0.1) is 18.4 Å². The molecule has 2 rings (SSSR count). The number of carbonyl (C=O) groups is 1. The van der Waals surface area contributed by atoms with Gasteiger partial charge in [0.2, 0.25) is 5.91 Å². The van der Waals surface area contributed by atoms with Crippen molar-refractivity contribution >= 4 is 5.91 Å². The second-order valence-corrected chi connectivity index (χ2v) is 4.64. The molecule has 1 aromatic heterocycles. The van der Waals surface area contributed by atoms with Gasteiger partial charge in [-0.1, -0.05) is 0 Å². The van der Waals surface area contributed by atoms with Gasteiger partial charge in [-0.3, -0.25) is 9.78 Å². The topological polar surface area (TPSA) is 54.0 Å². The predicted molar refractivity (Wildman–Crippen MR) is 66.3 cm³/mol. The second kappa shape index (κ2) is 6.44. The molecule has 0 aliphatic carbocycles. The molecule has 0 spiro atoms. The van der Waals surface area contributed by atoms with Gasteiger partial charge in [0.25, 0.3) is 0 Å². The van der Waals surface area contributed by atoms with Crippen LogP contribution in [0.3, 0.4) is 0 Å². The van der Waals surface area contributed by atoms with Gasteiger partial charge in [-0.05, 0) is 44.0 Å². The van der Waals surface area contributed by atoms with Crippen LogP contribution in [-0.2, 0) is 11.3 Å². The second-order valence-electron chi connectivity index (χ2n) is 4.64. The molecule has 18 heavy (non-hydrogen) atoms. The Morgan fingerprint density at radius 2 is 2.44 bits per heavy atom. The largest absolute Gasteiger partial charge is 0.350 e. The van der Waals surface area contributed by atoms with Gasteiger partial charge in [0.1, 0.15) is 5.82 Å². The van der Waals surface area contributed by atoms with Crippen LogP contribution >= 0.6 is 0 Å². The zero-order chi connectivity index (χ0) is 12.8. The first-order valence-corrected chi connectivity index (χ1v) is 6.32. The normalized spacial score (nSPS) is 18.8. The van der Waals surface area contributed by atoms with Crippen molar-refractivity contribution in [3.63, 3.8) is 0 Å². The Labute approximate surface area is 106 Å². The molecule has 2 N–H and O–H groups in total. The third-order valence-corrected chi connectivity index (χ3v) is 3.20. The van der Waals surface area contributed by atoms with Gasteiger partial charge >= 0.3 is 0 Å². The summed E-state index contributed by atoms with van der Waals surface area (Å²) in [7, 11) is 0. The maximum Gasteiger partial charge on any atom is 0.220 e. The highest BCUT2D eigenvalue weighted by atomic mass is 19.1. The minimum absolute atomic E-state index is 0.0352. The molecule has 1 aliphatic heterocycles. The molecule has 98 valence electrons. The average Bonchev–Trinajstić information content (AvgIpc) is 2.89. The first kappa shape index (κ1) is 13.0. The fourth-order valence-corrected chi connectivity index (χ4v) is 2.08. The molecule has 0 radical (unpaired) electrons. The van der Waals surface area contributed by atoms with Gasteiger partial charge in [-0.25, -0.2) is 4.39 Å². The Morgan fingerprint density at radius 3 is 3.11 bits per heavy atom. The van der Waals surface area contributed by atoms with Crippen molar-refractivity contribution in [1.82, 2.24) is 15.6 Å². The molecule has 1 atom stereocenters. The average molecular weight is 251 g/mol. The molecule has 1 amide bonds. The molecule has 4 nitrogen and oxygen atoms in total. The third kappa shape index (κ3) is 4.07. The Balaban J connectivity index is 1.66. The fourth-order valence-electron chi connectivity index (χ4n) is 2.08. The number of pyridine rings is 1. The van der Waals surface area contributed by atoms with E-state index in [1.54, 1.807) is 6.07 Å². The van der Waals surface area contributed by atoms with Crippen LogP contribution in [0.25, 0.3) is 0 Å². The van der Waals surface area contributed by atoms with Gasteiger partial charge in [-0.15, -0.1) is 0 Å². The summed E-state index contributed by atoms with van der Waals surface area (Å²) in [6.07, 6.45) is 3.79. The summed E-state index contributed by atoms with van der Waals surface area (Å²) in [4.78, 5) is 15.5. The summed E-state index contributed by atoms with van der Waals surface area (Å²) in [5, 5.41) is 6.08. The van der Waals surface area contributed by atoms with Crippen LogP contribution in [0, 0.1) is 11.7 Å². The number of aromatic nitrogens is 1. The van der Waals surface area contributed by atoms with Crippen LogP contribution in [0.5, 0.6) is 0 Å². The van der Waals surface area contributed by atoms with Crippen LogP contribution in [0.1, 0.15) is 25.0 Å². The lowest BCUT2D eigenvalue weighted by molar-refractivity contribution is -0.121. The van der Waals surface area contributed by atoms with E-state index >= 15 is 0 Å². The summed E-state index contributed by atoms with van der Waals surface area (Å²) >= 11 is 0. The predicted octanol–water partition coefficient (Wildman–Crippen LogP) is 1.23. The molecule has 1 aromatic rings. The van der Waals surface area contributed by atoms with E-state index in [0.717, 1.165) is 32.1 Å².